The van der Waals surface area contributed by atoms with Gasteiger partial charge in [-0.2, -0.15) is 0 Å². The molecule has 0 aliphatic carbocycles. The third kappa shape index (κ3) is 3.87. The van der Waals surface area contributed by atoms with Crippen LogP contribution < -0.4 is 4.74 Å². The van der Waals surface area contributed by atoms with E-state index in [1.807, 2.05) is 48.5 Å². The van der Waals surface area contributed by atoms with E-state index < -0.39 is 11.9 Å². The molecule has 0 fully saturated rings. The first-order valence-corrected chi connectivity index (χ1v) is 8.77. The van der Waals surface area contributed by atoms with Crippen molar-refractivity contribution in [3.05, 3.63) is 65.2 Å². The standard InChI is InChI=1S/C21H23NO4/c1-14(2)15-7-5-8-17(10-15)26-13-20(23)22-11-16-6-3-4-9-18(16)19(12-22)21(24)25/h3-10,14,19H,11-13H2,1-2H3,(H,24,25). The molecule has 5 nitrogen and oxygen atoms in total. The lowest BCUT2D eigenvalue weighted by Crippen LogP contribution is -2.42. The van der Waals surface area contributed by atoms with E-state index in [4.69, 9.17) is 4.74 Å². The van der Waals surface area contributed by atoms with Gasteiger partial charge in [-0.05, 0) is 34.7 Å². The fourth-order valence-corrected chi connectivity index (χ4v) is 3.21. The summed E-state index contributed by atoms with van der Waals surface area (Å²) in [6.45, 7) is 4.67. The van der Waals surface area contributed by atoms with Gasteiger partial charge in [0.05, 0.1) is 5.92 Å². The molecule has 1 heterocycles. The van der Waals surface area contributed by atoms with Crippen molar-refractivity contribution in [1.82, 2.24) is 4.90 Å². The Kier molecular flexibility index (Phi) is 5.26. The number of nitrogens with zero attached hydrogens (tertiary/aromatic N) is 1. The monoisotopic (exact) mass is 353 g/mol. The van der Waals surface area contributed by atoms with Crippen LogP contribution in [0.1, 0.15) is 42.4 Å². The molecule has 0 saturated carbocycles. The van der Waals surface area contributed by atoms with E-state index >= 15 is 0 Å². The van der Waals surface area contributed by atoms with Crippen LogP contribution in [-0.4, -0.2) is 35.0 Å². The van der Waals surface area contributed by atoms with Crippen molar-refractivity contribution >= 4 is 11.9 Å². The number of rotatable bonds is 5. The Hall–Kier alpha value is -2.82. The maximum Gasteiger partial charge on any atom is 0.312 e. The zero-order valence-electron chi connectivity index (χ0n) is 15.0. The largest absolute Gasteiger partial charge is 0.484 e. The summed E-state index contributed by atoms with van der Waals surface area (Å²) in [5.41, 5.74) is 2.81. The van der Waals surface area contributed by atoms with Crippen LogP contribution in [0, 0.1) is 0 Å². The van der Waals surface area contributed by atoms with Gasteiger partial charge in [0.2, 0.25) is 0 Å². The van der Waals surface area contributed by atoms with Gasteiger partial charge in [-0.3, -0.25) is 9.59 Å². The molecule has 2 aromatic rings. The van der Waals surface area contributed by atoms with E-state index in [0.29, 0.717) is 18.2 Å². The first-order valence-electron chi connectivity index (χ1n) is 8.77. The number of hydrogen-bond donors (Lipinski definition) is 1. The topological polar surface area (TPSA) is 66.8 Å². The summed E-state index contributed by atoms with van der Waals surface area (Å²) < 4.78 is 5.66. The Balaban J connectivity index is 1.69. The van der Waals surface area contributed by atoms with Crippen molar-refractivity contribution in [3.8, 4) is 5.75 Å². The van der Waals surface area contributed by atoms with Gasteiger partial charge < -0.3 is 14.7 Å². The molecular formula is C21H23NO4. The van der Waals surface area contributed by atoms with Crippen LogP contribution in [0.3, 0.4) is 0 Å². The third-order valence-electron chi connectivity index (χ3n) is 4.73. The van der Waals surface area contributed by atoms with Gasteiger partial charge in [0, 0.05) is 13.1 Å². The molecule has 1 amide bonds. The van der Waals surface area contributed by atoms with Crippen LogP contribution in [0.2, 0.25) is 0 Å². The van der Waals surface area contributed by atoms with Crippen LogP contribution in [0.5, 0.6) is 5.75 Å². The van der Waals surface area contributed by atoms with E-state index in [9.17, 15) is 14.7 Å². The van der Waals surface area contributed by atoms with E-state index in [1.165, 1.54) is 0 Å². The minimum Gasteiger partial charge on any atom is -0.484 e. The van der Waals surface area contributed by atoms with Crippen molar-refractivity contribution in [2.75, 3.05) is 13.2 Å². The summed E-state index contributed by atoms with van der Waals surface area (Å²) in [7, 11) is 0. The van der Waals surface area contributed by atoms with E-state index in [2.05, 4.69) is 13.8 Å². The number of carbonyl (C=O) groups is 2. The van der Waals surface area contributed by atoms with Crippen molar-refractivity contribution in [2.45, 2.75) is 32.2 Å². The van der Waals surface area contributed by atoms with Crippen LogP contribution in [0.15, 0.2) is 48.5 Å². The average Bonchev–Trinajstić information content (AvgIpc) is 2.65. The second kappa shape index (κ2) is 7.60. The molecule has 136 valence electrons. The highest BCUT2D eigenvalue weighted by atomic mass is 16.5. The molecule has 0 aromatic heterocycles. The number of aliphatic carboxylic acids is 1. The molecule has 1 aliphatic rings. The Morgan fingerprint density at radius 1 is 1.19 bits per heavy atom. The normalized spacial score (nSPS) is 16.3. The number of carboxylic acid groups (broad SMARTS) is 1. The number of ether oxygens (including phenoxy) is 1. The van der Waals surface area contributed by atoms with Crippen LogP contribution in [-0.2, 0) is 16.1 Å². The molecule has 0 bridgehead atoms. The lowest BCUT2D eigenvalue weighted by molar-refractivity contribution is -0.142. The van der Waals surface area contributed by atoms with E-state index in [-0.39, 0.29) is 19.1 Å². The maximum atomic E-state index is 12.6. The lowest BCUT2D eigenvalue weighted by Gasteiger charge is -2.32. The van der Waals surface area contributed by atoms with Gasteiger partial charge in [0.15, 0.2) is 6.61 Å². The number of fused-ring (bicyclic) bond motifs is 1. The fourth-order valence-electron chi connectivity index (χ4n) is 3.21. The number of carboxylic acids is 1. The minimum absolute atomic E-state index is 0.101. The Labute approximate surface area is 153 Å². The zero-order chi connectivity index (χ0) is 18.7. The third-order valence-corrected chi connectivity index (χ3v) is 4.73. The second-order valence-electron chi connectivity index (χ2n) is 6.88. The first-order chi connectivity index (χ1) is 12.5. The molecule has 1 unspecified atom stereocenters. The molecule has 3 rings (SSSR count). The van der Waals surface area contributed by atoms with Gasteiger partial charge >= 0.3 is 5.97 Å². The average molecular weight is 353 g/mol. The first kappa shape index (κ1) is 18.0. The molecule has 5 heteroatoms. The molecule has 1 atom stereocenters. The molecule has 2 aromatic carbocycles. The van der Waals surface area contributed by atoms with Gasteiger partial charge in [-0.25, -0.2) is 0 Å². The van der Waals surface area contributed by atoms with Crippen molar-refractivity contribution < 1.29 is 19.4 Å². The Morgan fingerprint density at radius 3 is 2.69 bits per heavy atom. The van der Waals surface area contributed by atoms with Gasteiger partial charge in [0.1, 0.15) is 5.75 Å². The van der Waals surface area contributed by atoms with E-state index in [0.717, 1.165) is 16.7 Å². The minimum atomic E-state index is -0.916. The quantitative estimate of drug-likeness (QED) is 0.895. The highest BCUT2D eigenvalue weighted by Gasteiger charge is 2.32. The van der Waals surface area contributed by atoms with Crippen molar-refractivity contribution in [2.24, 2.45) is 0 Å². The summed E-state index contributed by atoms with van der Waals surface area (Å²) in [6.07, 6.45) is 0. The van der Waals surface area contributed by atoms with E-state index in [1.54, 1.807) is 4.90 Å². The Morgan fingerprint density at radius 2 is 1.96 bits per heavy atom. The Bertz CT molecular complexity index is 815. The number of amides is 1. The molecule has 0 radical (unpaired) electrons. The van der Waals surface area contributed by atoms with Gasteiger partial charge in [-0.15, -0.1) is 0 Å². The summed E-state index contributed by atoms with van der Waals surface area (Å²) in [5.74, 6) is -0.796. The number of carbonyl (C=O) groups excluding carboxylic acids is 1. The van der Waals surface area contributed by atoms with Crippen molar-refractivity contribution in [3.63, 3.8) is 0 Å². The molecule has 0 spiro atoms. The number of benzene rings is 2. The summed E-state index contributed by atoms with van der Waals surface area (Å²) in [4.78, 5) is 25.7. The summed E-state index contributed by atoms with van der Waals surface area (Å²) in [6, 6.07) is 15.1. The molecule has 0 saturated heterocycles. The highest BCUT2D eigenvalue weighted by Crippen LogP contribution is 2.28. The SMILES string of the molecule is CC(C)c1cccc(OCC(=O)N2Cc3ccccc3C(C(=O)O)C2)c1. The molecule has 1 N–H and O–H groups in total. The summed E-state index contributed by atoms with van der Waals surface area (Å²) >= 11 is 0. The van der Waals surface area contributed by atoms with Crippen LogP contribution in [0.25, 0.3) is 0 Å². The molecule has 26 heavy (non-hydrogen) atoms. The molecular weight excluding hydrogens is 330 g/mol. The van der Waals surface area contributed by atoms with Crippen LogP contribution >= 0.6 is 0 Å². The van der Waals surface area contributed by atoms with Crippen LogP contribution in [0.4, 0.5) is 0 Å². The smallest absolute Gasteiger partial charge is 0.312 e. The second-order valence-corrected chi connectivity index (χ2v) is 6.88. The number of hydrogen-bond acceptors (Lipinski definition) is 3. The van der Waals surface area contributed by atoms with Gasteiger partial charge in [0.25, 0.3) is 5.91 Å². The fraction of sp³-hybridized carbons (Fsp3) is 0.333. The predicted molar refractivity (Wildman–Crippen MR) is 98.3 cm³/mol. The predicted octanol–water partition coefficient (Wildman–Crippen LogP) is 3.40. The highest BCUT2D eigenvalue weighted by molar-refractivity contribution is 5.82. The lowest BCUT2D eigenvalue weighted by atomic mass is 9.90. The maximum absolute atomic E-state index is 12.6. The van der Waals surface area contributed by atoms with Crippen molar-refractivity contribution in [1.29, 1.82) is 0 Å². The van der Waals surface area contributed by atoms with Gasteiger partial charge in [-0.1, -0.05) is 50.2 Å². The zero-order valence-corrected chi connectivity index (χ0v) is 15.0. The molecule has 1 aliphatic heterocycles. The summed E-state index contributed by atoms with van der Waals surface area (Å²) in [5, 5.41) is 9.51.